The van der Waals surface area contributed by atoms with Crippen LogP contribution < -0.4 is 4.31 Å². The number of benzene rings is 4. The molecule has 0 aliphatic carbocycles. The van der Waals surface area contributed by atoms with Crippen LogP contribution in [0, 0.1) is 6.92 Å². The highest BCUT2D eigenvalue weighted by molar-refractivity contribution is 7.92. The van der Waals surface area contributed by atoms with Crippen LogP contribution in [0.1, 0.15) is 11.1 Å². The first-order valence-electron chi connectivity index (χ1n) is 11.9. The number of imidazole rings is 1. The van der Waals surface area contributed by atoms with Crippen molar-refractivity contribution in [3.8, 4) is 22.6 Å². The van der Waals surface area contributed by atoms with E-state index in [0.29, 0.717) is 22.4 Å². The summed E-state index contributed by atoms with van der Waals surface area (Å²) in [6, 6.07) is 33.6. The van der Waals surface area contributed by atoms with E-state index in [0.717, 1.165) is 22.3 Å². The predicted molar refractivity (Wildman–Crippen MR) is 150 cm³/mol. The molecule has 5 nitrogen and oxygen atoms in total. The fourth-order valence-electron chi connectivity index (χ4n) is 4.29. The Morgan fingerprint density at radius 1 is 0.784 bits per heavy atom. The second kappa shape index (κ2) is 10.2. The highest BCUT2D eigenvalue weighted by Crippen LogP contribution is 2.38. The fourth-order valence-corrected chi connectivity index (χ4v) is 5.83. The van der Waals surface area contributed by atoms with Crippen LogP contribution in [0.5, 0.6) is 0 Å². The Labute approximate surface area is 222 Å². The zero-order chi connectivity index (χ0) is 26.0. The van der Waals surface area contributed by atoms with Crippen LogP contribution in [0.4, 0.5) is 5.82 Å². The number of hydrogen-bond donors (Lipinski definition) is 0. The normalized spacial score (nSPS) is 11.4. The number of halogens is 1. The molecule has 5 aromatic rings. The molecule has 7 heteroatoms. The standard InChI is InChI=1S/C30H26ClN3O2S/c1-22-13-19-27(20-14-22)37(35,36)34(21-23-9-5-3-6-10-23)30-28(24-11-7-4-8-12-24)33(2)29(32-30)25-15-17-26(31)18-16-25/h3-20H,21H2,1-2H3. The van der Waals surface area contributed by atoms with Crippen LogP contribution in [0.25, 0.3) is 22.6 Å². The second-order valence-electron chi connectivity index (χ2n) is 8.85. The summed E-state index contributed by atoms with van der Waals surface area (Å²) in [5.41, 5.74) is 4.25. The van der Waals surface area contributed by atoms with Gasteiger partial charge in [0.2, 0.25) is 0 Å². The molecule has 5 rings (SSSR count). The van der Waals surface area contributed by atoms with Gasteiger partial charge in [0, 0.05) is 23.2 Å². The minimum atomic E-state index is -3.96. The fraction of sp³-hybridized carbons (Fsp3) is 0.100. The minimum absolute atomic E-state index is 0.133. The molecule has 0 atom stereocenters. The van der Waals surface area contributed by atoms with Crippen molar-refractivity contribution in [1.82, 2.24) is 9.55 Å². The first kappa shape index (κ1) is 24.8. The van der Waals surface area contributed by atoms with Gasteiger partial charge in [-0.3, -0.25) is 0 Å². The van der Waals surface area contributed by atoms with Crippen molar-refractivity contribution in [1.29, 1.82) is 0 Å². The Morgan fingerprint density at radius 3 is 2.00 bits per heavy atom. The van der Waals surface area contributed by atoms with Gasteiger partial charge in [-0.2, -0.15) is 0 Å². The van der Waals surface area contributed by atoms with E-state index in [1.165, 1.54) is 4.31 Å². The summed E-state index contributed by atoms with van der Waals surface area (Å²) in [7, 11) is -2.05. The Morgan fingerprint density at radius 2 is 1.38 bits per heavy atom. The largest absolute Gasteiger partial charge is 0.325 e. The molecule has 0 bridgehead atoms. The average molecular weight is 528 g/mol. The Kier molecular flexibility index (Phi) is 6.87. The van der Waals surface area contributed by atoms with Crippen molar-refractivity contribution >= 4 is 27.4 Å². The SMILES string of the molecule is Cc1ccc(S(=O)(=O)N(Cc2ccccc2)c2nc(-c3ccc(Cl)cc3)n(C)c2-c2ccccc2)cc1. The van der Waals surface area contributed by atoms with E-state index < -0.39 is 10.0 Å². The zero-order valence-electron chi connectivity index (χ0n) is 20.5. The van der Waals surface area contributed by atoms with Gasteiger partial charge < -0.3 is 4.57 Å². The number of rotatable bonds is 7. The first-order valence-corrected chi connectivity index (χ1v) is 13.7. The molecule has 37 heavy (non-hydrogen) atoms. The third-order valence-electron chi connectivity index (χ3n) is 6.24. The molecule has 0 aliphatic heterocycles. The van der Waals surface area contributed by atoms with E-state index >= 15 is 0 Å². The summed E-state index contributed by atoms with van der Waals surface area (Å²) in [6.45, 7) is 2.07. The van der Waals surface area contributed by atoms with Crippen molar-refractivity contribution in [2.24, 2.45) is 7.05 Å². The third-order valence-corrected chi connectivity index (χ3v) is 8.24. The van der Waals surface area contributed by atoms with Gasteiger partial charge in [0.15, 0.2) is 5.82 Å². The molecular weight excluding hydrogens is 502 g/mol. The quantitative estimate of drug-likeness (QED) is 0.226. The Balaban J connectivity index is 1.76. The maximum Gasteiger partial charge on any atom is 0.265 e. The molecule has 0 amide bonds. The number of aryl methyl sites for hydroxylation is 1. The van der Waals surface area contributed by atoms with Gasteiger partial charge in [-0.25, -0.2) is 17.7 Å². The van der Waals surface area contributed by atoms with Crippen LogP contribution in [-0.2, 0) is 23.6 Å². The summed E-state index contributed by atoms with van der Waals surface area (Å²) < 4.78 is 31.7. The lowest BCUT2D eigenvalue weighted by Crippen LogP contribution is -2.31. The minimum Gasteiger partial charge on any atom is -0.325 e. The van der Waals surface area contributed by atoms with E-state index in [-0.39, 0.29) is 11.4 Å². The van der Waals surface area contributed by atoms with Gasteiger partial charge in [0.1, 0.15) is 5.82 Å². The van der Waals surface area contributed by atoms with Crippen molar-refractivity contribution in [3.05, 3.63) is 125 Å². The molecule has 1 aromatic heterocycles. The van der Waals surface area contributed by atoms with Gasteiger partial charge in [-0.15, -0.1) is 0 Å². The maximum absolute atomic E-state index is 14.2. The first-order chi connectivity index (χ1) is 17.8. The van der Waals surface area contributed by atoms with Gasteiger partial charge in [-0.1, -0.05) is 90.0 Å². The molecule has 0 N–H and O–H groups in total. The molecule has 0 radical (unpaired) electrons. The third kappa shape index (κ3) is 5.03. The summed E-state index contributed by atoms with van der Waals surface area (Å²) in [5, 5.41) is 0.620. The van der Waals surface area contributed by atoms with Crippen LogP contribution in [0.15, 0.2) is 114 Å². The van der Waals surface area contributed by atoms with Gasteiger partial charge >= 0.3 is 0 Å². The summed E-state index contributed by atoms with van der Waals surface area (Å²) in [6.07, 6.45) is 0. The van der Waals surface area contributed by atoms with Gasteiger partial charge in [0.25, 0.3) is 10.0 Å². The lowest BCUT2D eigenvalue weighted by atomic mass is 10.1. The van der Waals surface area contributed by atoms with E-state index in [1.54, 1.807) is 24.3 Å². The zero-order valence-corrected chi connectivity index (χ0v) is 22.1. The number of anilines is 1. The van der Waals surface area contributed by atoms with Crippen molar-refractivity contribution in [3.63, 3.8) is 0 Å². The predicted octanol–water partition coefficient (Wildman–Crippen LogP) is 7.11. The maximum atomic E-state index is 14.2. The van der Waals surface area contributed by atoms with E-state index in [9.17, 15) is 8.42 Å². The van der Waals surface area contributed by atoms with Gasteiger partial charge in [0.05, 0.1) is 17.1 Å². The summed E-state index contributed by atoms with van der Waals surface area (Å²) in [4.78, 5) is 5.17. The Bertz CT molecular complexity index is 1610. The Hall–Kier alpha value is -3.87. The highest BCUT2D eigenvalue weighted by Gasteiger charge is 2.31. The molecule has 0 saturated heterocycles. The average Bonchev–Trinajstić information content (AvgIpc) is 3.25. The smallest absolute Gasteiger partial charge is 0.265 e. The van der Waals surface area contributed by atoms with Gasteiger partial charge in [-0.05, 0) is 48.9 Å². The van der Waals surface area contributed by atoms with E-state index in [2.05, 4.69) is 0 Å². The van der Waals surface area contributed by atoms with Crippen LogP contribution >= 0.6 is 11.6 Å². The summed E-state index contributed by atoms with van der Waals surface area (Å²) in [5.74, 6) is 1.01. The van der Waals surface area contributed by atoms with Crippen molar-refractivity contribution in [2.75, 3.05) is 4.31 Å². The molecule has 0 unspecified atom stereocenters. The van der Waals surface area contributed by atoms with Crippen molar-refractivity contribution in [2.45, 2.75) is 18.4 Å². The lowest BCUT2D eigenvalue weighted by molar-refractivity contribution is 0.590. The van der Waals surface area contributed by atoms with E-state index in [1.807, 2.05) is 103 Å². The molecule has 4 aromatic carbocycles. The summed E-state index contributed by atoms with van der Waals surface area (Å²) >= 11 is 6.14. The topological polar surface area (TPSA) is 55.2 Å². The molecule has 1 heterocycles. The number of nitrogens with zero attached hydrogens (tertiary/aromatic N) is 3. The monoisotopic (exact) mass is 527 g/mol. The molecule has 0 aliphatic rings. The van der Waals surface area contributed by atoms with Crippen LogP contribution in [0.2, 0.25) is 5.02 Å². The van der Waals surface area contributed by atoms with Crippen LogP contribution in [-0.4, -0.2) is 18.0 Å². The molecule has 0 fully saturated rings. The number of hydrogen-bond acceptors (Lipinski definition) is 3. The lowest BCUT2D eigenvalue weighted by Gasteiger charge is -2.24. The molecule has 0 spiro atoms. The highest BCUT2D eigenvalue weighted by atomic mass is 35.5. The molecule has 0 saturated carbocycles. The van der Waals surface area contributed by atoms with Crippen molar-refractivity contribution < 1.29 is 8.42 Å². The second-order valence-corrected chi connectivity index (χ2v) is 11.1. The number of aromatic nitrogens is 2. The molecule has 186 valence electrons. The van der Waals surface area contributed by atoms with E-state index in [4.69, 9.17) is 16.6 Å². The molecular formula is C30H26ClN3O2S. The van der Waals surface area contributed by atoms with Crippen LogP contribution in [0.3, 0.4) is 0 Å². The number of sulfonamides is 1.